The van der Waals surface area contributed by atoms with E-state index in [2.05, 4.69) is 53.8 Å². The molecule has 5 atom stereocenters. The number of hydrogen-bond acceptors (Lipinski definition) is 11. The van der Waals surface area contributed by atoms with Crippen molar-refractivity contribution in [2.75, 3.05) is 32.2 Å². The van der Waals surface area contributed by atoms with E-state index in [1.54, 1.807) is 13.2 Å². The normalized spacial score (nSPS) is 28.5. The lowest BCUT2D eigenvalue weighted by Gasteiger charge is -2.35. The Labute approximate surface area is 371 Å². The van der Waals surface area contributed by atoms with Gasteiger partial charge in [0.25, 0.3) is 5.91 Å². The smallest absolute Gasteiger partial charge is 0.407 e. The second-order valence-electron chi connectivity index (χ2n) is 19.8. The molecule has 1 saturated heterocycles. The van der Waals surface area contributed by atoms with Crippen LogP contribution in [-0.2, 0) is 35.6 Å². The number of ether oxygens (including phenoxy) is 3. The summed E-state index contributed by atoms with van der Waals surface area (Å²) in [4.78, 5) is 66.2. The monoisotopic (exact) mass is 890 g/mol. The van der Waals surface area contributed by atoms with Crippen molar-refractivity contribution in [1.29, 1.82) is 0 Å². The van der Waals surface area contributed by atoms with E-state index >= 15 is 4.79 Å². The molecule has 15 nitrogen and oxygen atoms in total. The number of fused-ring (bicyclic) bond motifs is 3. The molecular formula is C47H66N6O9S. The van der Waals surface area contributed by atoms with Gasteiger partial charge >= 0.3 is 6.09 Å². The largest absolute Gasteiger partial charge is 0.496 e. The van der Waals surface area contributed by atoms with E-state index in [-0.39, 0.29) is 37.3 Å². The van der Waals surface area contributed by atoms with Crippen LogP contribution in [0.25, 0.3) is 10.9 Å². The van der Waals surface area contributed by atoms with Crippen LogP contribution in [0.1, 0.15) is 122 Å². The Hall–Kier alpha value is -4.60. The Morgan fingerprint density at radius 2 is 1.73 bits per heavy atom. The fourth-order valence-electron chi connectivity index (χ4n) is 10.4. The van der Waals surface area contributed by atoms with E-state index in [1.165, 1.54) is 11.3 Å². The van der Waals surface area contributed by atoms with Crippen molar-refractivity contribution in [2.24, 2.45) is 17.3 Å². The highest BCUT2D eigenvalue weighted by atomic mass is 32.2. The van der Waals surface area contributed by atoms with Gasteiger partial charge in [-0.2, -0.15) is 0 Å². The number of benzene rings is 1. The third-order valence-corrected chi connectivity index (χ3v) is 16.4. The molecule has 3 N–H and O–H groups in total. The summed E-state index contributed by atoms with van der Waals surface area (Å²) in [5.74, 6) is -0.518. The van der Waals surface area contributed by atoms with Crippen LogP contribution in [0, 0.1) is 17.3 Å². The fraction of sp³-hybridized carbons (Fsp3) is 0.681. The highest BCUT2D eigenvalue weighted by molar-refractivity contribution is 7.91. The van der Waals surface area contributed by atoms with Gasteiger partial charge in [-0.3, -0.25) is 19.1 Å². The molecule has 2 aliphatic heterocycles. The Balaban J connectivity index is 1.18. The number of aromatic nitrogens is 1. The number of pyridine rings is 1. The highest BCUT2D eigenvalue weighted by Gasteiger charge is 2.62. The number of aryl methyl sites for hydroxylation is 1. The zero-order chi connectivity index (χ0) is 44.7. The minimum atomic E-state index is -3.91. The number of cyclic esters (lactones) is 1. The van der Waals surface area contributed by atoms with Gasteiger partial charge in [-0.15, -0.1) is 6.58 Å². The lowest BCUT2D eigenvalue weighted by molar-refractivity contribution is -0.142. The molecular weight excluding hydrogens is 825 g/mol. The molecule has 4 bridgehead atoms. The summed E-state index contributed by atoms with van der Waals surface area (Å²) < 4.78 is 46.8. The summed E-state index contributed by atoms with van der Waals surface area (Å²) in [6.45, 7) is 8.12. The summed E-state index contributed by atoms with van der Waals surface area (Å²) in [5, 5.41) is 6.00. The van der Waals surface area contributed by atoms with Crippen LogP contribution in [0.5, 0.6) is 11.5 Å². The van der Waals surface area contributed by atoms with Crippen LogP contribution in [0.15, 0.2) is 30.9 Å². The molecule has 3 heterocycles. The van der Waals surface area contributed by atoms with Gasteiger partial charge in [-0.1, -0.05) is 58.4 Å². The predicted octanol–water partition coefficient (Wildman–Crippen LogP) is 6.07. The van der Waals surface area contributed by atoms with Gasteiger partial charge in [-0.25, -0.2) is 18.2 Å². The number of amides is 4. The number of rotatable bonds is 10. The van der Waals surface area contributed by atoms with Crippen LogP contribution in [-0.4, -0.2) is 104 Å². The van der Waals surface area contributed by atoms with Gasteiger partial charge in [-0.05, 0) is 87.2 Å². The van der Waals surface area contributed by atoms with Crippen LogP contribution in [0.3, 0.4) is 0 Å². The van der Waals surface area contributed by atoms with Crippen LogP contribution < -0.4 is 29.7 Å². The first-order valence-electron chi connectivity index (χ1n) is 23.3. The minimum absolute atomic E-state index is 0.0185. The molecule has 0 spiro atoms. The lowest BCUT2D eigenvalue weighted by atomic mass is 9.83. The third kappa shape index (κ3) is 9.75. The van der Waals surface area contributed by atoms with Gasteiger partial charge in [0.2, 0.25) is 21.8 Å². The Bertz CT molecular complexity index is 2200. The average molecular weight is 891 g/mol. The lowest BCUT2D eigenvalue weighted by Crippen LogP contribution is -2.59. The van der Waals surface area contributed by atoms with Crippen molar-refractivity contribution < 1.29 is 41.8 Å². The molecule has 4 aliphatic carbocycles. The number of nitrogens with zero attached hydrogens (tertiary/aromatic N) is 3. The summed E-state index contributed by atoms with van der Waals surface area (Å²) in [7, 11) is -0.185. The van der Waals surface area contributed by atoms with Crippen molar-refractivity contribution >= 4 is 50.6 Å². The number of carbonyl (C=O) groups excluding carboxylic acids is 4. The van der Waals surface area contributed by atoms with E-state index in [0.29, 0.717) is 42.3 Å². The maximum atomic E-state index is 15.1. The SMILES string of the molecule is C=C[C@H]1C[C@@]1(NC(=O)[C@@H]1C[C@@H]2CN1C(=O)[C@H](C1CCCCC1)NC(=O)OCC(C)(C)CCCc1cc3c(cc(N(C)C4CCCCC4)nc3cc1OC)O2)C(=O)NS(=O)(=O)C1CC1. The molecule has 2 aromatic rings. The van der Waals surface area contributed by atoms with Crippen molar-refractivity contribution in [3.8, 4) is 11.5 Å². The molecule has 5 fully saturated rings. The molecule has 0 unspecified atom stereocenters. The first-order chi connectivity index (χ1) is 30.1. The van der Waals surface area contributed by atoms with Crippen molar-refractivity contribution in [3.63, 3.8) is 0 Å². The number of hydrogen-bond donors (Lipinski definition) is 3. The van der Waals surface area contributed by atoms with Crippen LogP contribution in [0.4, 0.5) is 10.6 Å². The number of sulfonamides is 1. The Morgan fingerprint density at radius 1 is 1.02 bits per heavy atom. The second kappa shape index (κ2) is 18.1. The maximum absolute atomic E-state index is 15.1. The van der Waals surface area contributed by atoms with E-state index in [9.17, 15) is 22.8 Å². The summed E-state index contributed by atoms with van der Waals surface area (Å²) in [6, 6.07) is 4.23. The quantitative estimate of drug-likeness (QED) is 0.235. The molecule has 344 valence electrons. The molecule has 1 aromatic heterocycles. The third-order valence-electron chi connectivity index (χ3n) is 14.6. The molecule has 4 amide bonds. The zero-order valence-electron chi connectivity index (χ0n) is 37.4. The fourth-order valence-corrected chi connectivity index (χ4v) is 11.8. The first-order valence-corrected chi connectivity index (χ1v) is 24.8. The van der Waals surface area contributed by atoms with Crippen LogP contribution >= 0.6 is 0 Å². The number of methoxy groups -OCH3 is 1. The van der Waals surface area contributed by atoms with Gasteiger partial charge in [0.05, 0.1) is 31.0 Å². The highest BCUT2D eigenvalue weighted by Crippen LogP contribution is 2.46. The van der Waals surface area contributed by atoms with Crippen molar-refractivity contribution in [3.05, 3.63) is 36.4 Å². The molecule has 16 heteroatoms. The first kappa shape index (κ1) is 45.0. The summed E-state index contributed by atoms with van der Waals surface area (Å²) >= 11 is 0. The molecule has 6 aliphatic rings. The van der Waals surface area contributed by atoms with Gasteiger partial charge in [0.1, 0.15) is 41.0 Å². The van der Waals surface area contributed by atoms with Gasteiger partial charge in [0.15, 0.2) is 0 Å². The van der Waals surface area contributed by atoms with E-state index in [1.807, 2.05) is 12.1 Å². The second-order valence-corrected chi connectivity index (χ2v) is 21.8. The topological polar surface area (TPSA) is 186 Å². The molecule has 8 rings (SSSR count). The van der Waals surface area contributed by atoms with E-state index in [4.69, 9.17) is 19.2 Å². The van der Waals surface area contributed by atoms with Gasteiger partial charge in [0, 0.05) is 42.9 Å². The summed E-state index contributed by atoms with van der Waals surface area (Å²) in [6.07, 6.45) is 13.5. The maximum Gasteiger partial charge on any atom is 0.407 e. The Kier molecular flexibility index (Phi) is 12.9. The average Bonchev–Trinajstić information content (AvgIpc) is 4.21. The Morgan fingerprint density at radius 3 is 2.40 bits per heavy atom. The predicted molar refractivity (Wildman–Crippen MR) is 239 cm³/mol. The van der Waals surface area contributed by atoms with Crippen molar-refractivity contribution in [1.82, 2.24) is 25.2 Å². The minimum Gasteiger partial charge on any atom is -0.496 e. The van der Waals surface area contributed by atoms with E-state index < -0.39 is 68.7 Å². The number of anilines is 1. The number of nitrogens with one attached hydrogen (secondary N) is 3. The van der Waals surface area contributed by atoms with Crippen LogP contribution in [0.2, 0.25) is 0 Å². The molecule has 1 aromatic carbocycles. The number of carbonyl (C=O) groups is 4. The zero-order valence-corrected chi connectivity index (χ0v) is 38.2. The van der Waals surface area contributed by atoms with Gasteiger partial charge < -0.3 is 34.6 Å². The summed E-state index contributed by atoms with van der Waals surface area (Å²) in [5.41, 5.74) is -0.241. The number of alkyl carbamates (subject to hydrolysis) is 1. The van der Waals surface area contributed by atoms with Crippen molar-refractivity contribution in [2.45, 2.75) is 158 Å². The van der Waals surface area contributed by atoms with E-state index in [0.717, 1.165) is 87.4 Å². The molecule has 63 heavy (non-hydrogen) atoms. The molecule has 0 radical (unpaired) electrons. The standard InChI is InChI=1S/C47H66N6O9S/c1-6-31-26-47(31,44(56)51-63(58,59)34-19-20-34)50-42(54)37-23-33-27-53(37)43(55)41(29-14-9-7-10-15-29)49-45(57)61-28-46(2,3)21-13-16-30-22-35-36(24-38(30)60-5)48-40(25-39(35)62-33)52(4)32-17-11-8-12-18-32/h6,22,24-25,29,31-34,37,41H,1,7-21,23,26-28H2,2-5H3,(H,49,57)(H,50,54)(H,51,56)/t31-,33+,37-,41-,47-/m0/s1. The molecule has 4 saturated carbocycles.